The summed E-state index contributed by atoms with van der Waals surface area (Å²) in [5, 5.41) is 0. The Morgan fingerprint density at radius 1 is 1.53 bits per heavy atom. The highest BCUT2D eigenvalue weighted by molar-refractivity contribution is 9.10. The molecule has 2 N–H and O–H groups in total. The number of nitrogens with two attached hydrogens (primary N) is 1. The number of aryl methyl sites for hydroxylation is 1. The zero-order valence-corrected chi connectivity index (χ0v) is 13.5. The van der Waals surface area contributed by atoms with Crippen molar-refractivity contribution in [3.63, 3.8) is 0 Å². The van der Waals surface area contributed by atoms with Gasteiger partial charge in [-0.25, -0.2) is 0 Å². The molecule has 0 bridgehead atoms. The number of carbonyl (C=O) groups excluding carboxylic acids is 1. The molecule has 2 rings (SSSR count). The van der Waals surface area contributed by atoms with Gasteiger partial charge in [-0.05, 0) is 56.0 Å². The predicted octanol–water partition coefficient (Wildman–Crippen LogP) is 2.99. The van der Waals surface area contributed by atoms with Crippen molar-refractivity contribution >= 4 is 34.2 Å². The van der Waals surface area contributed by atoms with Gasteiger partial charge >= 0.3 is 0 Å². The first kappa shape index (κ1) is 16.5. The highest BCUT2D eigenvalue weighted by atomic mass is 79.9. The van der Waals surface area contributed by atoms with Crippen molar-refractivity contribution < 1.29 is 4.79 Å². The van der Waals surface area contributed by atoms with Crippen molar-refractivity contribution in [3.05, 3.63) is 33.8 Å². The quantitative estimate of drug-likeness (QED) is 0.894. The molecule has 5 heteroatoms. The van der Waals surface area contributed by atoms with E-state index in [0.717, 1.165) is 41.5 Å². The van der Waals surface area contributed by atoms with E-state index in [0.29, 0.717) is 12.5 Å². The summed E-state index contributed by atoms with van der Waals surface area (Å²) in [7, 11) is 0. The van der Waals surface area contributed by atoms with Gasteiger partial charge in [-0.2, -0.15) is 0 Å². The maximum atomic E-state index is 12.4. The maximum Gasteiger partial charge on any atom is 0.253 e. The molecule has 1 aliphatic rings. The van der Waals surface area contributed by atoms with Gasteiger partial charge in [0.05, 0.1) is 0 Å². The molecule has 0 aliphatic carbocycles. The van der Waals surface area contributed by atoms with Crippen LogP contribution in [0.3, 0.4) is 0 Å². The number of piperidine rings is 1. The van der Waals surface area contributed by atoms with E-state index in [1.807, 2.05) is 30.0 Å². The second-order valence-corrected chi connectivity index (χ2v) is 5.81. The molecular weight excluding hydrogens is 328 g/mol. The van der Waals surface area contributed by atoms with Crippen LogP contribution in [0, 0.1) is 12.8 Å². The summed E-state index contributed by atoms with van der Waals surface area (Å²) < 4.78 is 1.04. The van der Waals surface area contributed by atoms with Crippen molar-refractivity contribution in [2.75, 3.05) is 19.6 Å². The van der Waals surface area contributed by atoms with Crippen molar-refractivity contribution in [1.82, 2.24) is 4.90 Å². The lowest BCUT2D eigenvalue weighted by atomic mass is 9.97. The van der Waals surface area contributed by atoms with Crippen LogP contribution in [0.5, 0.6) is 0 Å². The maximum absolute atomic E-state index is 12.4. The Morgan fingerprint density at radius 2 is 2.26 bits per heavy atom. The number of hydrogen-bond acceptors (Lipinski definition) is 2. The van der Waals surface area contributed by atoms with Crippen LogP contribution in [-0.2, 0) is 0 Å². The number of rotatable bonds is 2. The zero-order valence-electron chi connectivity index (χ0n) is 11.1. The van der Waals surface area contributed by atoms with Gasteiger partial charge in [0.1, 0.15) is 0 Å². The highest BCUT2D eigenvalue weighted by Gasteiger charge is 2.23. The molecule has 1 aliphatic heterocycles. The Kier molecular flexibility index (Phi) is 6.30. The fourth-order valence-corrected chi connectivity index (χ4v) is 2.65. The topological polar surface area (TPSA) is 46.3 Å². The zero-order chi connectivity index (χ0) is 13.1. The van der Waals surface area contributed by atoms with Gasteiger partial charge in [-0.3, -0.25) is 4.79 Å². The summed E-state index contributed by atoms with van der Waals surface area (Å²) in [6, 6.07) is 5.76. The Balaban J connectivity index is 0.00000180. The van der Waals surface area contributed by atoms with E-state index in [2.05, 4.69) is 15.9 Å². The monoisotopic (exact) mass is 346 g/mol. The van der Waals surface area contributed by atoms with Gasteiger partial charge in [0.15, 0.2) is 0 Å². The number of amides is 1. The highest BCUT2D eigenvalue weighted by Crippen LogP contribution is 2.21. The Labute approximate surface area is 129 Å². The molecule has 1 fully saturated rings. The Bertz CT molecular complexity index is 453. The van der Waals surface area contributed by atoms with Gasteiger partial charge in [-0.15, -0.1) is 12.4 Å². The van der Waals surface area contributed by atoms with Crippen LogP contribution in [0.15, 0.2) is 22.7 Å². The lowest BCUT2D eigenvalue weighted by molar-refractivity contribution is 0.0678. The third-order valence-electron chi connectivity index (χ3n) is 3.54. The Hall–Kier alpha value is -0.580. The average molecular weight is 348 g/mol. The second kappa shape index (κ2) is 7.27. The van der Waals surface area contributed by atoms with Crippen LogP contribution < -0.4 is 5.73 Å². The van der Waals surface area contributed by atoms with E-state index < -0.39 is 0 Å². The van der Waals surface area contributed by atoms with Crippen LogP contribution in [0.4, 0.5) is 0 Å². The Morgan fingerprint density at radius 3 is 2.89 bits per heavy atom. The fraction of sp³-hybridized carbons (Fsp3) is 0.500. The van der Waals surface area contributed by atoms with Crippen molar-refractivity contribution in [2.45, 2.75) is 19.8 Å². The fourth-order valence-electron chi connectivity index (χ4n) is 2.40. The number of likely N-dealkylation sites (tertiary alicyclic amines) is 1. The number of hydrogen-bond donors (Lipinski definition) is 1. The SMILES string of the molecule is Cc1cc(C(=O)N2CCCC(CN)C2)ccc1Br.Cl. The summed E-state index contributed by atoms with van der Waals surface area (Å²) >= 11 is 3.45. The van der Waals surface area contributed by atoms with Crippen LogP contribution in [-0.4, -0.2) is 30.4 Å². The molecule has 1 unspecified atom stereocenters. The molecule has 1 atom stereocenters. The molecule has 106 valence electrons. The number of halogens is 2. The second-order valence-electron chi connectivity index (χ2n) is 4.96. The normalized spacial score (nSPS) is 18.9. The molecule has 1 saturated heterocycles. The third kappa shape index (κ3) is 3.94. The minimum absolute atomic E-state index is 0. The predicted molar refractivity (Wildman–Crippen MR) is 83.8 cm³/mol. The molecule has 1 aromatic rings. The average Bonchev–Trinajstić information content (AvgIpc) is 2.41. The van der Waals surface area contributed by atoms with Gasteiger partial charge in [0, 0.05) is 23.1 Å². The third-order valence-corrected chi connectivity index (χ3v) is 4.43. The van der Waals surface area contributed by atoms with Crippen LogP contribution in [0.1, 0.15) is 28.8 Å². The lowest BCUT2D eigenvalue weighted by Gasteiger charge is -2.32. The van der Waals surface area contributed by atoms with Crippen molar-refractivity contribution in [3.8, 4) is 0 Å². The largest absolute Gasteiger partial charge is 0.338 e. The van der Waals surface area contributed by atoms with E-state index in [1.54, 1.807) is 0 Å². The molecule has 0 spiro atoms. The molecular formula is C14H20BrClN2O. The first-order valence-corrected chi connectivity index (χ1v) is 7.16. The molecule has 1 aromatic carbocycles. The summed E-state index contributed by atoms with van der Waals surface area (Å²) in [5.41, 5.74) is 7.57. The first-order chi connectivity index (χ1) is 8.61. The standard InChI is InChI=1S/C14H19BrN2O.ClH/c1-10-7-12(4-5-13(10)15)14(18)17-6-2-3-11(8-16)9-17;/h4-5,7,11H,2-3,6,8-9,16H2,1H3;1H. The van der Waals surface area contributed by atoms with Crippen LogP contribution >= 0.6 is 28.3 Å². The molecule has 1 heterocycles. The van der Waals surface area contributed by atoms with Crippen molar-refractivity contribution in [1.29, 1.82) is 0 Å². The van der Waals surface area contributed by atoms with Crippen LogP contribution in [0.2, 0.25) is 0 Å². The smallest absolute Gasteiger partial charge is 0.253 e. The van der Waals surface area contributed by atoms with E-state index in [1.165, 1.54) is 0 Å². The molecule has 3 nitrogen and oxygen atoms in total. The lowest BCUT2D eigenvalue weighted by Crippen LogP contribution is -2.42. The summed E-state index contributed by atoms with van der Waals surface area (Å²) in [6.07, 6.45) is 2.20. The van der Waals surface area contributed by atoms with Gasteiger partial charge in [-0.1, -0.05) is 15.9 Å². The van der Waals surface area contributed by atoms with Gasteiger partial charge in [0.2, 0.25) is 0 Å². The minimum atomic E-state index is 0. The summed E-state index contributed by atoms with van der Waals surface area (Å²) in [4.78, 5) is 14.3. The van der Waals surface area contributed by atoms with Crippen LogP contribution in [0.25, 0.3) is 0 Å². The molecule has 0 radical (unpaired) electrons. The molecule has 0 aromatic heterocycles. The van der Waals surface area contributed by atoms with E-state index in [9.17, 15) is 4.79 Å². The van der Waals surface area contributed by atoms with Gasteiger partial charge in [0.25, 0.3) is 5.91 Å². The van der Waals surface area contributed by atoms with E-state index in [4.69, 9.17) is 5.73 Å². The van der Waals surface area contributed by atoms with E-state index >= 15 is 0 Å². The van der Waals surface area contributed by atoms with Gasteiger partial charge < -0.3 is 10.6 Å². The van der Waals surface area contributed by atoms with Crippen molar-refractivity contribution in [2.24, 2.45) is 11.7 Å². The summed E-state index contributed by atoms with van der Waals surface area (Å²) in [5.74, 6) is 0.586. The molecule has 1 amide bonds. The molecule has 19 heavy (non-hydrogen) atoms. The summed E-state index contributed by atoms with van der Waals surface area (Å²) in [6.45, 7) is 4.32. The number of benzene rings is 1. The van der Waals surface area contributed by atoms with E-state index in [-0.39, 0.29) is 18.3 Å². The first-order valence-electron chi connectivity index (χ1n) is 6.37. The molecule has 0 saturated carbocycles. The minimum Gasteiger partial charge on any atom is -0.338 e. The number of nitrogens with zero attached hydrogens (tertiary/aromatic N) is 1. The number of carbonyl (C=O) groups is 1.